The summed E-state index contributed by atoms with van der Waals surface area (Å²) in [5.41, 5.74) is 5.93. The van der Waals surface area contributed by atoms with E-state index in [4.69, 9.17) is 22.2 Å². The van der Waals surface area contributed by atoms with Gasteiger partial charge in [0.25, 0.3) is 0 Å². The molecule has 1 atom stereocenters. The van der Waals surface area contributed by atoms with Gasteiger partial charge in [-0.05, 0) is 46.6 Å². The minimum Gasteiger partial charge on any atom is -0.496 e. The number of methoxy groups -OCH3 is 1. The molecular formula is C15H16BrClN2O. The Morgan fingerprint density at radius 2 is 2.00 bits per heavy atom. The van der Waals surface area contributed by atoms with Crippen LogP contribution in [0.15, 0.2) is 40.9 Å². The Morgan fingerprint density at radius 3 is 2.60 bits per heavy atom. The summed E-state index contributed by atoms with van der Waals surface area (Å²) in [5.74, 6) is 6.53. The molecule has 0 aliphatic carbocycles. The number of hydrogen-bond donors (Lipinski definition) is 2. The maximum absolute atomic E-state index is 6.16. The Hall–Kier alpha value is -1.07. The van der Waals surface area contributed by atoms with Gasteiger partial charge in [-0.3, -0.25) is 5.84 Å². The molecule has 0 fully saturated rings. The summed E-state index contributed by atoms with van der Waals surface area (Å²) in [4.78, 5) is 0. The highest BCUT2D eigenvalue weighted by molar-refractivity contribution is 9.10. The van der Waals surface area contributed by atoms with Gasteiger partial charge in [0.05, 0.1) is 18.2 Å². The van der Waals surface area contributed by atoms with E-state index in [1.807, 2.05) is 37.3 Å². The first-order valence-electron chi connectivity index (χ1n) is 6.12. The number of hydrogen-bond acceptors (Lipinski definition) is 3. The molecule has 2 rings (SSSR count). The quantitative estimate of drug-likeness (QED) is 0.644. The largest absolute Gasteiger partial charge is 0.496 e. The van der Waals surface area contributed by atoms with Crippen molar-refractivity contribution in [1.29, 1.82) is 0 Å². The molecule has 1 unspecified atom stereocenters. The lowest BCUT2D eigenvalue weighted by Gasteiger charge is -2.20. The zero-order valence-electron chi connectivity index (χ0n) is 11.3. The minimum atomic E-state index is -0.185. The van der Waals surface area contributed by atoms with E-state index >= 15 is 0 Å². The molecule has 5 heteroatoms. The third kappa shape index (κ3) is 3.15. The third-order valence-electron chi connectivity index (χ3n) is 3.14. The van der Waals surface area contributed by atoms with E-state index in [9.17, 15) is 0 Å². The van der Waals surface area contributed by atoms with Crippen LogP contribution in [0, 0.1) is 6.92 Å². The average Bonchev–Trinajstić information content (AvgIpc) is 2.44. The van der Waals surface area contributed by atoms with Gasteiger partial charge in [0.2, 0.25) is 0 Å². The zero-order chi connectivity index (χ0) is 14.7. The lowest BCUT2D eigenvalue weighted by Crippen LogP contribution is -2.29. The summed E-state index contributed by atoms with van der Waals surface area (Å²) >= 11 is 9.55. The SMILES string of the molecule is COc1ccc(C)cc1C(NN)c1ccc(Br)c(Cl)c1. The molecule has 0 amide bonds. The van der Waals surface area contributed by atoms with E-state index in [1.54, 1.807) is 7.11 Å². The van der Waals surface area contributed by atoms with Gasteiger partial charge in [0.15, 0.2) is 0 Å². The molecule has 0 bridgehead atoms. The predicted octanol–water partition coefficient (Wildman–Crippen LogP) is 3.97. The maximum Gasteiger partial charge on any atom is 0.124 e. The van der Waals surface area contributed by atoms with Crippen LogP contribution in [-0.4, -0.2) is 7.11 Å². The van der Waals surface area contributed by atoms with Crippen LogP contribution in [0.5, 0.6) is 5.75 Å². The number of rotatable bonds is 4. The summed E-state index contributed by atoms with van der Waals surface area (Å²) < 4.78 is 6.28. The van der Waals surface area contributed by atoms with Crippen LogP contribution in [-0.2, 0) is 0 Å². The molecular weight excluding hydrogens is 340 g/mol. The normalized spacial score (nSPS) is 12.2. The first-order valence-corrected chi connectivity index (χ1v) is 7.29. The fourth-order valence-corrected chi connectivity index (χ4v) is 2.57. The topological polar surface area (TPSA) is 47.3 Å². The van der Waals surface area contributed by atoms with Gasteiger partial charge in [0, 0.05) is 10.0 Å². The average molecular weight is 356 g/mol. The molecule has 0 aliphatic heterocycles. The Kier molecular flexibility index (Phi) is 5.05. The number of nitrogens with one attached hydrogen (secondary N) is 1. The first kappa shape index (κ1) is 15.3. The van der Waals surface area contributed by atoms with Crippen molar-refractivity contribution in [2.45, 2.75) is 13.0 Å². The van der Waals surface area contributed by atoms with Crippen LogP contribution in [0.4, 0.5) is 0 Å². The predicted molar refractivity (Wildman–Crippen MR) is 86.0 cm³/mol. The van der Waals surface area contributed by atoms with E-state index in [0.717, 1.165) is 26.9 Å². The van der Waals surface area contributed by atoms with Gasteiger partial charge in [-0.25, -0.2) is 5.43 Å². The van der Waals surface area contributed by atoms with Crippen molar-refractivity contribution in [2.24, 2.45) is 5.84 Å². The van der Waals surface area contributed by atoms with Crippen LogP contribution in [0.1, 0.15) is 22.7 Å². The van der Waals surface area contributed by atoms with Crippen LogP contribution in [0.3, 0.4) is 0 Å². The first-order chi connectivity index (χ1) is 9.56. The van der Waals surface area contributed by atoms with E-state index in [-0.39, 0.29) is 6.04 Å². The highest BCUT2D eigenvalue weighted by Gasteiger charge is 2.18. The van der Waals surface area contributed by atoms with Crippen molar-refractivity contribution in [3.8, 4) is 5.75 Å². The van der Waals surface area contributed by atoms with E-state index in [1.165, 1.54) is 0 Å². The van der Waals surface area contributed by atoms with Crippen molar-refractivity contribution >= 4 is 27.5 Å². The molecule has 0 heterocycles. The molecule has 0 aliphatic rings. The summed E-state index contributed by atoms with van der Waals surface area (Å²) in [5, 5.41) is 0.648. The van der Waals surface area contributed by atoms with Gasteiger partial charge in [-0.2, -0.15) is 0 Å². The fraction of sp³-hybridized carbons (Fsp3) is 0.200. The Morgan fingerprint density at radius 1 is 1.25 bits per heavy atom. The number of hydrazine groups is 1. The number of nitrogens with two attached hydrogens (primary N) is 1. The van der Waals surface area contributed by atoms with E-state index in [2.05, 4.69) is 27.4 Å². The molecule has 20 heavy (non-hydrogen) atoms. The van der Waals surface area contributed by atoms with Crippen molar-refractivity contribution in [3.05, 3.63) is 62.6 Å². The van der Waals surface area contributed by atoms with Gasteiger partial charge in [-0.1, -0.05) is 35.4 Å². The maximum atomic E-state index is 6.16. The molecule has 3 N–H and O–H groups in total. The summed E-state index contributed by atoms with van der Waals surface area (Å²) in [6.07, 6.45) is 0. The lowest BCUT2D eigenvalue weighted by molar-refractivity contribution is 0.404. The molecule has 2 aromatic rings. The molecule has 0 radical (unpaired) electrons. The molecule has 106 valence electrons. The van der Waals surface area contributed by atoms with Crippen LogP contribution in [0.2, 0.25) is 5.02 Å². The van der Waals surface area contributed by atoms with Crippen LogP contribution >= 0.6 is 27.5 Å². The lowest BCUT2D eigenvalue weighted by atomic mass is 9.97. The fourth-order valence-electron chi connectivity index (χ4n) is 2.14. The Balaban J connectivity index is 2.51. The molecule has 0 aromatic heterocycles. The van der Waals surface area contributed by atoms with Gasteiger partial charge < -0.3 is 4.74 Å². The standard InChI is InChI=1S/C15H16BrClN2O/c1-9-3-6-14(20-2)11(7-9)15(19-18)10-4-5-12(16)13(17)8-10/h3-8,15,19H,18H2,1-2H3. The molecule has 3 nitrogen and oxygen atoms in total. The smallest absolute Gasteiger partial charge is 0.124 e. The van der Waals surface area contributed by atoms with Crippen molar-refractivity contribution in [2.75, 3.05) is 7.11 Å². The highest BCUT2D eigenvalue weighted by atomic mass is 79.9. The summed E-state index contributed by atoms with van der Waals surface area (Å²) in [7, 11) is 1.65. The van der Waals surface area contributed by atoms with Gasteiger partial charge in [-0.15, -0.1) is 0 Å². The zero-order valence-corrected chi connectivity index (χ0v) is 13.6. The van der Waals surface area contributed by atoms with E-state index in [0.29, 0.717) is 5.02 Å². The van der Waals surface area contributed by atoms with Crippen molar-refractivity contribution < 1.29 is 4.74 Å². The number of halogens is 2. The molecule has 0 spiro atoms. The van der Waals surface area contributed by atoms with Crippen molar-refractivity contribution in [1.82, 2.24) is 5.43 Å². The molecule has 0 saturated heterocycles. The second kappa shape index (κ2) is 6.59. The molecule has 0 saturated carbocycles. The second-order valence-electron chi connectivity index (χ2n) is 4.52. The summed E-state index contributed by atoms with van der Waals surface area (Å²) in [6.45, 7) is 2.03. The highest BCUT2D eigenvalue weighted by Crippen LogP contribution is 2.33. The Bertz CT molecular complexity index is 619. The number of aryl methyl sites for hydroxylation is 1. The third-order valence-corrected chi connectivity index (χ3v) is 4.37. The monoisotopic (exact) mass is 354 g/mol. The number of ether oxygens (including phenoxy) is 1. The second-order valence-corrected chi connectivity index (χ2v) is 5.78. The van der Waals surface area contributed by atoms with Crippen LogP contribution < -0.4 is 16.0 Å². The van der Waals surface area contributed by atoms with Gasteiger partial charge in [0.1, 0.15) is 5.75 Å². The number of benzene rings is 2. The minimum absolute atomic E-state index is 0.185. The van der Waals surface area contributed by atoms with Crippen LogP contribution in [0.25, 0.3) is 0 Å². The Labute approximate surface area is 132 Å². The van der Waals surface area contributed by atoms with E-state index < -0.39 is 0 Å². The summed E-state index contributed by atoms with van der Waals surface area (Å²) in [6, 6.07) is 11.6. The van der Waals surface area contributed by atoms with Crippen molar-refractivity contribution in [3.63, 3.8) is 0 Å². The molecule has 2 aromatic carbocycles. The van der Waals surface area contributed by atoms with Gasteiger partial charge >= 0.3 is 0 Å².